The van der Waals surface area contributed by atoms with Crippen LogP contribution in [-0.2, 0) is 13.0 Å². The van der Waals surface area contributed by atoms with Crippen LogP contribution >= 0.6 is 0 Å². The van der Waals surface area contributed by atoms with Crippen LogP contribution in [0.2, 0.25) is 0 Å². The van der Waals surface area contributed by atoms with Gasteiger partial charge in [0.05, 0.1) is 0 Å². The Labute approximate surface area is 121 Å². The van der Waals surface area contributed by atoms with Gasteiger partial charge in [-0.3, -0.25) is 4.98 Å². The average Bonchev–Trinajstić information content (AvgIpc) is 2.48. The van der Waals surface area contributed by atoms with Crippen molar-refractivity contribution in [2.45, 2.75) is 19.9 Å². The first kappa shape index (κ1) is 14.5. The van der Waals surface area contributed by atoms with E-state index in [0.29, 0.717) is 0 Å². The zero-order valence-corrected chi connectivity index (χ0v) is 12.6. The van der Waals surface area contributed by atoms with Crippen molar-refractivity contribution >= 4 is 5.69 Å². The topological polar surface area (TPSA) is 28.2 Å². The normalized spacial score (nSPS) is 10.6. The molecule has 0 atom stereocenters. The minimum atomic E-state index is 0.846. The van der Waals surface area contributed by atoms with Gasteiger partial charge in [-0.2, -0.15) is 0 Å². The summed E-state index contributed by atoms with van der Waals surface area (Å²) in [7, 11) is 4.12. The van der Waals surface area contributed by atoms with Crippen molar-refractivity contribution in [1.29, 1.82) is 0 Å². The fraction of sp³-hybridized carbons (Fsp3) is 0.353. The van der Waals surface area contributed by atoms with Crippen molar-refractivity contribution in [2.75, 3.05) is 25.5 Å². The SMILES string of the molecule is CNCc1cnc(C)cc1N(C)CCc1ccccc1. The molecule has 0 amide bonds. The maximum absolute atomic E-state index is 4.39. The summed E-state index contributed by atoms with van der Waals surface area (Å²) in [6.07, 6.45) is 3.03. The average molecular weight is 269 g/mol. The van der Waals surface area contributed by atoms with Crippen molar-refractivity contribution in [3.63, 3.8) is 0 Å². The van der Waals surface area contributed by atoms with Gasteiger partial charge in [0.15, 0.2) is 0 Å². The van der Waals surface area contributed by atoms with Gasteiger partial charge in [0.25, 0.3) is 0 Å². The van der Waals surface area contributed by atoms with E-state index >= 15 is 0 Å². The molecule has 3 nitrogen and oxygen atoms in total. The van der Waals surface area contributed by atoms with Gasteiger partial charge < -0.3 is 10.2 Å². The number of benzene rings is 1. The molecule has 1 heterocycles. The lowest BCUT2D eigenvalue weighted by Gasteiger charge is -2.23. The van der Waals surface area contributed by atoms with Crippen LogP contribution in [0.25, 0.3) is 0 Å². The van der Waals surface area contributed by atoms with Crippen molar-refractivity contribution in [3.05, 3.63) is 59.4 Å². The molecule has 0 radical (unpaired) electrons. The van der Waals surface area contributed by atoms with E-state index in [4.69, 9.17) is 0 Å². The molecule has 1 aromatic carbocycles. The maximum Gasteiger partial charge on any atom is 0.0443 e. The Kier molecular flexibility index (Phi) is 5.13. The van der Waals surface area contributed by atoms with Crippen LogP contribution in [-0.4, -0.2) is 25.6 Å². The van der Waals surface area contributed by atoms with E-state index in [1.165, 1.54) is 16.8 Å². The second-order valence-electron chi connectivity index (χ2n) is 5.14. The first-order valence-electron chi connectivity index (χ1n) is 7.06. The molecule has 0 saturated carbocycles. The number of nitrogens with one attached hydrogen (secondary N) is 1. The minimum Gasteiger partial charge on any atom is -0.374 e. The van der Waals surface area contributed by atoms with E-state index in [-0.39, 0.29) is 0 Å². The third kappa shape index (κ3) is 3.81. The van der Waals surface area contributed by atoms with Gasteiger partial charge in [0.2, 0.25) is 0 Å². The predicted molar refractivity (Wildman–Crippen MR) is 85.2 cm³/mol. The molecule has 2 rings (SSSR count). The first-order valence-corrected chi connectivity index (χ1v) is 7.06. The predicted octanol–water partition coefficient (Wildman–Crippen LogP) is 2.79. The molecule has 0 unspecified atom stereocenters. The van der Waals surface area contributed by atoms with Gasteiger partial charge in [-0.25, -0.2) is 0 Å². The van der Waals surface area contributed by atoms with Crippen LogP contribution in [0, 0.1) is 6.92 Å². The highest BCUT2D eigenvalue weighted by molar-refractivity contribution is 5.53. The Morgan fingerprint density at radius 3 is 2.65 bits per heavy atom. The molecular weight excluding hydrogens is 246 g/mol. The van der Waals surface area contributed by atoms with Gasteiger partial charge in [-0.1, -0.05) is 30.3 Å². The lowest BCUT2D eigenvalue weighted by atomic mass is 10.1. The van der Waals surface area contributed by atoms with Crippen LogP contribution in [0.15, 0.2) is 42.6 Å². The van der Waals surface area contributed by atoms with Crippen LogP contribution in [0.4, 0.5) is 5.69 Å². The number of nitrogens with zero attached hydrogens (tertiary/aromatic N) is 2. The quantitative estimate of drug-likeness (QED) is 0.874. The molecule has 0 bridgehead atoms. The minimum absolute atomic E-state index is 0.846. The highest BCUT2D eigenvalue weighted by Crippen LogP contribution is 2.20. The lowest BCUT2D eigenvalue weighted by Crippen LogP contribution is -2.23. The van der Waals surface area contributed by atoms with Crippen LogP contribution in [0.1, 0.15) is 16.8 Å². The molecule has 0 aliphatic rings. The van der Waals surface area contributed by atoms with Crippen molar-refractivity contribution in [3.8, 4) is 0 Å². The van der Waals surface area contributed by atoms with E-state index < -0.39 is 0 Å². The Bertz CT molecular complexity index is 537. The summed E-state index contributed by atoms with van der Waals surface area (Å²) >= 11 is 0. The number of likely N-dealkylation sites (N-methyl/N-ethyl adjacent to an activating group) is 1. The standard InChI is InChI=1S/C17H23N3/c1-14-11-17(16(12-18-2)13-19-14)20(3)10-9-15-7-5-4-6-8-15/h4-8,11,13,18H,9-10,12H2,1-3H3. The van der Waals surface area contributed by atoms with E-state index in [9.17, 15) is 0 Å². The second kappa shape index (κ2) is 7.06. The number of aryl methyl sites for hydroxylation is 1. The molecule has 106 valence electrons. The maximum atomic E-state index is 4.39. The summed E-state index contributed by atoms with van der Waals surface area (Å²) in [5.74, 6) is 0. The van der Waals surface area contributed by atoms with Gasteiger partial charge in [0.1, 0.15) is 0 Å². The number of rotatable bonds is 6. The fourth-order valence-electron chi connectivity index (χ4n) is 2.32. The molecule has 0 aliphatic carbocycles. The summed E-state index contributed by atoms with van der Waals surface area (Å²) in [4.78, 5) is 6.71. The summed E-state index contributed by atoms with van der Waals surface area (Å²) in [5.41, 5.74) is 4.95. The van der Waals surface area contributed by atoms with Crippen LogP contribution < -0.4 is 10.2 Å². The molecular formula is C17H23N3. The number of pyridine rings is 1. The van der Waals surface area contributed by atoms with E-state index in [1.54, 1.807) is 0 Å². The Balaban J connectivity index is 2.08. The summed E-state index contributed by atoms with van der Waals surface area (Å²) < 4.78 is 0. The van der Waals surface area contributed by atoms with E-state index in [1.807, 2.05) is 20.2 Å². The van der Waals surface area contributed by atoms with Crippen LogP contribution in [0.3, 0.4) is 0 Å². The van der Waals surface area contributed by atoms with Gasteiger partial charge in [0, 0.05) is 43.3 Å². The summed E-state index contributed by atoms with van der Waals surface area (Å²) in [6, 6.07) is 12.8. The molecule has 1 N–H and O–H groups in total. The molecule has 0 fully saturated rings. The Morgan fingerprint density at radius 2 is 1.95 bits per heavy atom. The number of hydrogen-bond donors (Lipinski definition) is 1. The largest absolute Gasteiger partial charge is 0.374 e. The highest BCUT2D eigenvalue weighted by Gasteiger charge is 2.08. The fourth-order valence-corrected chi connectivity index (χ4v) is 2.32. The summed E-state index contributed by atoms with van der Waals surface area (Å²) in [5, 5.41) is 3.21. The zero-order chi connectivity index (χ0) is 14.4. The van der Waals surface area contributed by atoms with E-state index in [0.717, 1.165) is 25.2 Å². The molecule has 0 aliphatic heterocycles. The number of aromatic nitrogens is 1. The molecule has 0 spiro atoms. The smallest absolute Gasteiger partial charge is 0.0443 e. The molecule has 2 aromatic rings. The third-order valence-electron chi connectivity index (χ3n) is 3.46. The van der Waals surface area contributed by atoms with Gasteiger partial charge in [-0.05, 0) is 32.0 Å². The highest BCUT2D eigenvalue weighted by atomic mass is 15.1. The Hall–Kier alpha value is -1.87. The number of anilines is 1. The number of hydrogen-bond acceptors (Lipinski definition) is 3. The van der Waals surface area contributed by atoms with Crippen molar-refractivity contribution in [2.24, 2.45) is 0 Å². The van der Waals surface area contributed by atoms with Gasteiger partial charge in [-0.15, -0.1) is 0 Å². The first-order chi connectivity index (χ1) is 9.70. The molecule has 1 aromatic heterocycles. The third-order valence-corrected chi connectivity index (χ3v) is 3.46. The monoisotopic (exact) mass is 269 g/mol. The lowest BCUT2D eigenvalue weighted by molar-refractivity contribution is 0.795. The van der Waals surface area contributed by atoms with Gasteiger partial charge >= 0.3 is 0 Å². The summed E-state index contributed by atoms with van der Waals surface area (Å²) in [6.45, 7) is 3.89. The van der Waals surface area contributed by atoms with E-state index in [2.05, 4.69) is 58.6 Å². The molecule has 3 heteroatoms. The van der Waals surface area contributed by atoms with Crippen molar-refractivity contribution < 1.29 is 0 Å². The Morgan fingerprint density at radius 1 is 1.20 bits per heavy atom. The van der Waals surface area contributed by atoms with Crippen LogP contribution in [0.5, 0.6) is 0 Å². The second-order valence-corrected chi connectivity index (χ2v) is 5.14. The molecule has 20 heavy (non-hydrogen) atoms. The van der Waals surface area contributed by atoms with Crippen molar-refractivity contribution in [1.82, 2.24) is 10.3 Å². The molecule has 0 saturated heterocycles. The zero-order valence-electron chi connectivity index (χ0n) is 12.6.